The number of nitrogens with one attached hydrogen (secondary N) is 1. The Bertz CT molecular complexity index is 199. The normalized spacial score (nSPS) is 28.2. The minimum Gasteiger partial charge on any atom is -0.383 e. The van der Waals surface area contributed by atoms with Gasteiger partial charge < -0.3 is 10.1 Å². The standard InChI is InChI=1S/C14H30N2O/c1-5-8-15-14(11-17-4)10-16-9-6-7-12(2)13(16)3/h12-15H,5-11H2,1-4H3. The molecule has 0 bridgehead atoms. The lowest BCUT2D eigenvalue weighted by Gasteiger charge is -2.39. The molecule has 3 atom stereocenters. The first kappa shape index (κ1) is 14.9. The fraction of sp³-hybridized carbons (Fsp3) is 1.00. The molecule has 0 saturated carbocycles. The molecule has 1 saturated heterocycles. The van der Waals surface area contributed by atoms with Gasteiger partial charge in [0.1, 0.15) is 0 Å². The van der Waals surface area contributed by atoms with Crippen LogP contribution >= 0.6 is 0 Å². The summed E-state index contributed by atoms with van der Waals surface area (Å²) in [7, 11) is 1.79. The lowest BCUT2D eigenvalue weighted by Crippen LogP contribution is -2.50. The van der Waals surface area contributed by atoms with Crippen LogP contribution < -0.4 is 5.32 Å². The average molecular weight is 242 g/mol. The summed E-state index contributed by atoms with van der Waals surface area (Å²) in [5.74, 6) is 0.832. The first-order chi connectivity index (χ1) is 8.19. The molecule has 0 aromatic carbocycles. The zero-order chi connectivity index (χ0) is 12.7. The van der Waals surface area contributed by atoms with Crippen molar-refractivity contribution in [3.63, 3.8) is 0 Å². The van der Waals surface area contributed by atoms with Gasteiger partial charge >= 0.3 is 0 Å². The van der Waals surface area contributed by atoms with Crippen LogP contribution in [0.25, 0.3) is 0 Å². The maximum atomic E-state index is 5.32. The summed E-state index contributed by atoms with van der Waals surface area (Å²) in [6.45, 7) is 11.2. The van der Waals surface area contributed by atoms with Crippen LogP contribution in [0.1, 0.15) is 40.0 Å². The molecule has 0 radical (unpaired) electrons. The number of nitrogens with zero attached hydrogens (tertiary/aromatic N) is 1. The topological polar surface area (TPSA) is 24.5 Å². The number of piperidine rings is 1. The molecule has 1 rings (SSSR count). The van der Waals surface area contributed by atoms with Crippen LogP contribution in [-0.2, 0) is 4.74 Å². The number of hydrogen-bond acceptors (Lipinski definition) is 3. The van der Waals surface area contributed by atoms with Crippen molar-refractivity contribution < 1.29 is 4.74 Å². The van der Waals surface area contributed by atoms with Crippen molar-refractivity contribution in [1.82, 2.24) is 10.2 Å². The highest BCUT2D eigenvalue weighted by molar-refractivity contribution is 4.82. The zero-order valence-corrected chi connectivity index (χ0v) is 12.0. The van der Waals surface area contributed by atoms with E-state index in [9.17, 15) is 0 Å². The molecule has 0 spiro atoms. The van der Waals surface area contributed by atoms with Crippen molar-refractivity contribution in [2.75, 3.05) is 33.4 Å². The van der Waals surface area contributed by atoms with Gasteiger partial charge in [-0.3, -0.25) is 4.90 Å². The van der Waals surface area contributed by atoms with Crippen LogP contribution in [0.4, 0.5) is 0 Å². The van der Waals surface area contributed by atoms with E-state index in [1.54, 1.807) is 7.11 Å². The van der Waals surface area contributed by atoms with Crippen molar-refractivity contribution >= 4 is 0 Å². The molecule has 0 aromatic rings. The van der Waals surface area contributed by atoms with E-state index in [2.05, 4.69) is 31.0 Å². The van der Waals surface area contributed by atoms with Crippen LogP contribution in [0.2, 0.25) is 0 Å². The van der Waals surface area contributed by atoms with Crippen molar-refractivity contribution in [2.24, 2.45) is 5.92 Å². The summed E-state index contributed by atoms with van der Waals surface area (Å²) in [6.07, 6.45) is 3.92. The monoisotopic (exact) mass is 242 g/mol. The summed E-state index contributed by atoms with van der Waals surface area (Å²) < 4.78 is 5.32. The molecule has 3 unspecified atom stereocenters. The SMILES string of the molecule is CCCNC(COC)CN1CCCC(C)C1C. The molecule has 3 heteroatoms. The fourth-order valence-electron chi connectivity index (χ4n) is 2.69. The average Bonchev–Trinajstić information content (AvgIpc) is 2.32. The zero-order valence-electron chi connectivity index (χ0n) is 12.0. The molecular weight excluding hydrogens is 212 g/mol. The Labute approximate surface area is 107 Å². The highest BCUT2D eigenvalue weighted by Crippen LogP contribution is 2.22. The summed E-state index contributed by atoms with van der Waals surface area (Å²) in [5.41, 5.74) is 0. The second-order valence-corrected chi connectivity index (χ2v) is 5.46. The van der Waals surface area contributed by atoms with Crippen LogP contribution in [0.15, 0.2) is 0 Å². The van der Waals surface area contributed by atoms with Gasteiger partial charge in [0, 0.05) is 25.7 Å². The van der Waals surface area contributed by atoms with Gasteiger partial charge in [-0.25, -0.2) is 0 Å². The largest absolute Gasteiger partial charge is 0.383 e. The predicted molar refractivity (Wildman–Crippen MR) is 73.4 cm³/mol. The summed E-state index contributed by atoms with van der Waals surface area (Å²) in [6, 6.07) is 1.19. The maximum absolute atomic E-state index is 5.32. The van der Waals surface area contributed by atoms with Gasteiger partial charge in [0.15, 0.2) is 0 Å². The highest BCUT2D eigenvalue weighted by Gasteiger charge is 2.26. The van der Waals surface area contributed by atoms with E-state index >= 15 is 0 Å². The molecule has 0 amide bonds. The van der Waals surface area contributed by atoms with Crippen molar-refractivity contribution in [1.29, 1.82) is 0 Å². The molecule has 1 aliphatic heterocycles. The Hall–Kier alpha value is -0.120. The molecule has 0 aliphatic carbocycles. The van der Waals surface area contributed by atoms with Crippen LogP contribution in [-0.4, -0.2) is 50.3 Å². The van der Waals surface area contributed by atoms with Gasteiger partial charge in [-0.1, -0.05) is 13.8 Å². The maximum Gasteiger partial charge on any atom is 0.0628 e. The number of ether oxygens (including phenoxy) is 1. The van der Waals surface area contributed by atoms with E-state index < -0.39 is 0 Å². The lowest BCUT2D eigenvalue weighted by molar-refractivity contribution is 0.0789. The number of likely N-dealkylation sites (tertiary alicyclic amines) is 1. The van der Waals surface area contributed by atoms with Crippen LogP contribution in [0, 0.1) is 5.92 Å². The Morgan fingerprint density at radius 3 is 2.82 bits per heavy atom. The molecule has 1 heterocycles. The molecule has 3 nitrogen and oxygen atoms in total. The van der Waals surface area contributed by atoms with Gasteiger partial charge in [0.05, 0.1) is 6.61 Å². The molecule has 102 valence electrons. The number of rotatable bonds is 7. The Kier molecular flexibility index (Phi) is 7.09. The van der Waals surface area contributed by atoms with Gasteiger partial charge in [-0.05, 0) is 45.2 Å². The number of methoxy groups -OCH3 is 1. The van der Waals surface area contributed by atoms with Gasteiger partial charge in [-0.15, -0.1) is 0 Å². The summed E-state index contributed by atoms with van der Waals surface area (Å²) in [4.78, 5) is 2.63. The molecular formula is C14H30N2O. The van der Waals surface area contributed by atoms with E-state index in [1.807, 2.05) is 0 Å². The predicted octanol–water partition coefficient (Wildman–Crippen LogP) is 2.12. The third-order valence-electron chi connectivity index (χ3n) is 4.01. The molecule has 17 heavy (non-hydrogen) atoms. The molecule has 0 aromatic heterocycles. The van der Waals surface area contributed by atoms with Crippen LogP contribution in [0.5, 0.6) is 0 Å². The summed E-state index contributed by atoms with van der Waals surface area (Å²) >= 11 is 0. The molecule has 1 aliphatic rings. The third-order valence-corrected chi connectivity index (χ3v) is 4.01. The van der Waals surface area contributed by atoms with Gasteiger partial charge in [-0.2, -0.15) is 0 Å². The van der Waals surface area contributed by atoms with Gasteiger partial charge in [0.25, 0.3) is 0 Å². The first-order valence-corrected chi connectivity index (χ1v) is 7.15. The highest BCUT2D eigenvalue weighted by atomic mass is 16.5. The third kappa shape index (κ3) is 4.94. The number of hydrogen-bond donors (Lipinski definition) is 1. The smallest absolute Gasteiger partial charge is 0.0628 e. The second-order valence-electron chi connectivity index (χ2n) is 5.46. The van der Waals surface area contributed by atoms with Crippen molar-refractivity contribution in [2.45, 2.75) is 52.1 Å². The molecule has 1 N–H and O–H groups in total. The van der Waals surface area contributed by atoms with E-state index in [-0.39, 0.29) is 0 Å². The quantitative estimate of drug-likeness (QED) is 0.740. The minimum absolute atomic E-state index is 0.479. The van der Waals surface area contributed by atoms with E-state index in [0.717, 1.165) is 25.6 Å². The Morgan fingerprint density at radius 2 is 2.18 bits per heavy atom. The van der Waals surface area contributed by atoms with E-state index in [1.165, 1.54) is 25.8 Å². The Balaban J connectivity index is 2.41. The Morgan fingerprint density at radius 1 is 1.41 bits per heavy atom. The van der Waals surface area contributed by atoms with Crippen molar-refractivity contribution in [3.8, 4) is 0 Å². The van der Waals surface area contributed by atoms with E-state index in [4.69, 9.17) is 4.74 Å². The van der Waals surface area contributed by atoms with Gasteiger partial charge in [0.2, 0.25) is 0 Å². The second kappa shape index (κ2) is 8.06. The van der Waals surface area contributed by atoms with Crippen LogP contribution in [0.3, 0.4) is 0 Å². The summed E-state index contributed by atoms with van der Waals surface area (Å²) in [5, 5.41) is 3.59. The molecule has 1 fully saturated rings. The van der Waals surface area contributed by atoms with E-state index in [0.29, 0.717) is 12.1 Å². The minimum atomic E-state index is 0.479. The lowest BCUT2D eigenvalue weighted by atomic mass is 9.92. The first-order valence-electron chi connectivity index (χ1n) is 7.15. The fourth-order valence-corrected chi connectivity index (χ4v) is 2.69. The van der Waals surface area contributed by atoms with Crippen molar-refractivity contribution in [3.05, 3.63) is 0 Å².